The van der Waals surface area contributed by atoms with Crippen LogP contribution in [0.5, 0.6) is 5.75 Å². The van der Waals surface area contributed by atoms with E-state index < -0.39 is 0 Å². The molecule has 0 radical (unpaired) electrons. The maximum atomic E-state index is 5.86. The summed E-state index contributed by atoms with van der Waals surface area (Å²) in [6, 6.07) is 4.55. The molecule has 0 amide bonds. The Kier molecular flexibility index (Phi) is 5.86. The number of hydrogen-bond donors (Lipinski definition) is 1. The van der Waals surface area contributed by atoms with Gasteiger partial charge in [0.05, 0.1) is 6.61 Å². The van der Waals surface area contributed by atoms with E-state index in [1.54, 1.807) is 0 Å². The summed E-state index contributed by atoms with van der Waals surface area (Å²) >= 11 is 0. The minimum absolute atomic E-state index is 0.686. The average molecular weight is 276 g/mol. The third kappa shape index (κ3) is 4.22. The lowest BCUT2D eigenvalue weighted by Crippen LogP contribution is -2.29. The molecular formula is C17H28N2O. The van der Waals surface area contributed by atoms with Crippen molar-refractivity contribution in [3.63, 3.8) is 0 Å². The molecule has 1 aromatic rings. The molecule has 112 valence electrons. The lowest BCUT2D eigenvalue weighted by molar-refractivity contribution is 0.220. The molecule has 1 aliphatic heterocycles. The van der Waals surface area contributed by atoms with Crippen LogP contribution < -0.4 is 10.5 Å². The van der Waals surface area contributed by atoms with Gasteiger partial charge in [0.1, 0.15) is 5.75 Å². The summed E-state index contributed by atoms with van der Waals surface area (Å²) < 4.78 is 5.86. The van der Waals surface area contributed by atoms with Gasteiger partial charge in [0, 0.05) is 6.54 Å². The molecule has 0 bridgehead atoms. The van der Waals surface area contributed by atoms with Gasteiger partial charge in [-0.2, -0.15) is 0 Å². The average Bonchev–Trinajstić information content (AvgIpc) is 2.43. The maximum Gasteiger partial charge on any atom is 0.125 e. The fourth-order valence-electron chi connectivity index (χ4n) is 2.99. The Balaban J connectivity index is 2.00. The highest BCUT2D eigenvalue weighted by Crippen LogP contribution is 2.26. The summed E-state index contributed by atoms with van der Waals surface area (Å²) in [6.45, 7) is 9.24. The zero-order valence-corrected chi connectivity index (χ0v) is 13.0. The van der Waals surface area contributed by atoms with Crippen molar-refractivity contribution >= 4 is 0 Å². The van der Waals surface area contributed by atoms with Crippen molar-refractivity contribution in [2.75, 3.05) is 26.2 Å². The number of rotatable bonds is 6. The van der Waals surface area contributed by atoms with Gasteiger partial charge >= 0.3 is 0 Å². The monoisotopic (exact) mass is 276 g/mol. The van der Waals surface area contributed by atoms with Crippen molar-refractivity contribution in [2.24, 2.45) is 5.73 Å². The van der Waals surface area contributed by atoms with Gasteiger partial charge in [-0.15, -0.1) is 0 Å². The molecule has 2 rings (SSSR count). The van der Waals surface area contributed by atoms with Crippen LogP contribution in [0.3, 0.4) is 0 Å². The lowest BCUT2D eigenvalue weighted by atomic mass is 10.0. The first-order valence-electron chi connectivity index (χ1n) is 7.86. The zero-order valence-electron chi connectivity index (χ0n) is 13.0. The molecule has 3 heteroatoms. The minimum atomic E-state index is 0.686. The van der Waals surface area contributed by atoms with Crippen LogP contribution in [0.15, 0.2) is 12.1 Å². The highest BCUT2D eigenvalue weighted by Gasteiger charge is 2.12. The van der Waals surface area contributed by atoms with Crippen LogP contribution in [-0.4, -0.2) is 31.1 Å². The SMILES string of the molecule is Cc1cc(CN2CCCCC2)cc(C)c1OCCCN. The molecule has 1 aliphatic rings. The second kappa shape index (κ2) is 7.65. The smallest absolute Gasteiger partial charge is 0.125 e. The Hall–Kier alpha value is -1.06. The molecule has 1 fully saturated rings. The van der Waals surface area contributed by atoms with Crippen molar-refractivity contribution in [3.8, 4) is 5.75 Å². The van der Waals surface area contributed by atoms with E-state index >= 15 is 0 Å². The number of benzene rings is 1. The molecule has 3 nitrogen and oxygen atoms in total. The Morgan fingerprint density at radius 3 is 2.35 bits per heavy atom. The van der Waals surface area contributed by atoms with Gasteiger partial charge < -0.3 is 10.5 Å². The quantitative estimate of drug-likeness (QED) is 0.812. The van der Waals surface area contributed by atoms with Crippen LogP contribution in [0.2, 0.25) is 0 Å². The number of aryl methyl sites for hydroxylation is 2. The molecule has 0 saturated carbocycles. The summed E-state index contributed by atoms with van der Waals surface area (Å²) in [4.78, 5) is 2.56. The van der Waals surface area contributed by atoms with E-state index in [4.69, 9.17) is 10.5 Å². The topological polar surface area (TPSA) is 38.5 Å². The highest BCUT2D eigenvalue weighted by atomic mass is 16.5. The summed E-state index contributed by atoms with van der Waals surface area (Å²) in [5.74, 6) is 1.04. The molecule has 1 saturated heterocycles. The highest BCUT2D eigenvalue weighted by molar-refractivity contribution is 5.43. The number of ether oxygens (including phenoxy) is 1. The first kappa shape index (κ1) is 15.3. The van der Waals surface area contributed by atoms with Gasteiger partial charge in [-0.3, -0.25) is 4.90 Å². The first-order valence-corrected chi connectivity index (χ1v) is 7.86. The first-order chi connectivity index (χ1) is 9.70. The lowest BCUT2D eigenvalue weighted by Gasteiger charge is -2.27. The van der Waals surface area contributed by atoms with E-state index in [9.17, 15) is 0 Å². The van der Waals surface area contributed by atoms with Gasteiger partial charge in [-0.25, -0.2) is 0 Å². The van der Waals surface area contributed by atoms with E-state index in [1.807, 2.05) is 0 Å². The third-order valence-electron chi connectivity index (χ3n) is 3.97. The van der Waals surface area contributed by atoms with E-state index in [2.05, 4.69) is 30.9 Å². The standard InChI is InChI=1S/C17H28N2O/c1-14-11-16(13-19-8-4-3-5-9-19)12-15(2)17(14)20-10-6-7-18/h11-12H,3-10,13,18H2,1-2H3. The van der Waals surface area contributed by atoms with E-state index in [0.29, 0.717) is 13.2 Å². The van der Waals surface area contributed by atoms with Crippen LogP contribution >= 0.6 is 0 Å². The van der Waals surface area contributed by atoms with Gasteiger partial charge in [-0.05, 0) is 69.4 Å². The number of likely N-dealkylation sites (tertiary alicyclic amines) is 1. The molecule has 0 aliphatic carbocycles. The van der Waals surface area contributed by atoms with Gasteiger partial charge in [0.25, 0.3) is 0 Å². The van der Waals surface area contributed by atoms with Crippen LogP contribution in [0.4, 0.5) is 0 Å². The van der Waals surface area contributed by atoms with Crippen LogP contribution in [-0.2, 0) is 6.54 Å². The van der Waals surface area contributed by atoms with Gasteiger partial charge in [0.15, 0.2) is 0 Å². The summed E-state index contributed by atoms with van der Waals surface area (Å²) in [7, 11) is 0. The molecule has 0 aromatic heterocycles. The number of hydrogen-bond acceptors (Lipinski definition) is 3. The predicted octanol–water partition coefficient (Wildman–Crippen LogP) is 3.02. The normalized spacial score (nSPS) is 16.4. The second-order valence-electron chi connectivity index (χ2n) is 5.89. The molecular weight excluding hydrogens is 248 g/mol. The summed E-state index contributed by atoms with van der Waals surface area (Å²) in [5, 5.41) is 0. The summed E-state index contributed by atoms with van der Waals surface area (Å²) in [5.41, 5.74) is 9.41. The number of piperidine rings is 1. The number of nitrogens with zero attached hydrogens (tertiary/aromatic N) is 1. The molecule has 1 heterocycles. The molecule has 0 spiro atoms. The Morgan fingerprint density at radius 2 is 1.75 bits per heavy atom. The third-order valence-corrected chi connectivity index (χ3v) is 3.97. The van der Waals surface area contributed by atoms with E-state index in [-0.39, 0.29) is 0 Å². The van der Waals surface area contributed by atoms with Crippen LogP contribution in [0, 0.1) is 13.8 Å². The molecule has 0 atom stereocenters. The fourth-order valence-corrected chi connectivity index (χ4v) is 2.99. The van der Waals surface area contributed by atoms with Crippen molar-refractivity contribution in [3.05, 3.63) is 28.8 Å². The molecule has 0 unspecified atom stereocenters. The Bertz CT molecular complexity index is 402. The zero-order chi connectivity index (χ0) is 14.4. The van der Waals surface area contributed by atoms with Crippen molar-refractivity contribution in [1.82, 2.24) is 4.90 Å². The summed E-state index contributed by atoms with van der Waals surface area (Å²) in [6.07, 6.45) is 4.99. The largest absolute Gasteiger partial charge is 0.493 e. The van der Waals surface area contributed by atoms with Crippen molar-refractivity contribution in [1.29, 1.82) is 0 Å². The van der Waals surface area contributed by atoms with Crippen LogP contribution in [0.25, 0.3) is 0 Å². The van der Waals surface area contributed by atoms with E-state index in [0.717, 1.165) is 18.7 Å². The Labute approximate surface area is 123 Å². The molecule has 20 heavy (non-hydrogen) atoms. The fraction of sp³-hybridized carbons (Fsp3) is 0.647. The van der Waals surface area contributed by atoms with Crippen molar-refractivity contribution in [2.45, 2.75) is 46.1 Å². The molecule has 1 aromatic carbocycles. The van der Waals surface area contributed by atoms with Gasteiger partial charge in [-0.1, -0.05) is 18.6 Å². The van der Waals surface area contributed by atoms with Crippen molar-refractivity contribution < 1.29 is 4.74 Å². The minimum Gasteiger partial charge on any atom is -0.493 e. The number of nitrogens with two attached hydrogens (primary N) is 1. The van der Waals surface area contributed by atoms with Gasteiger partial charge in [0.2, 0.25) is 0 Å². The maximum absolute atomic E-state index is 5.86. The molecule has 2 N–H and O–H groups in total. The second-order valence-corrected chi connectivity index (χ2v) is 5.89. The predicted molar refractivity (Wildman–Crippen MR) is 84.2 cm³/mol. The Morgan fingerprint density at radius 1 is 1.10 bits per heavy atom. The van der Waals surface area contributed by atoms with Crippen LogP contribution in [0.1, 0.15) is 42.4 Å². The van der Waals surface area contributed by atoms with E-state index in [1.165, 1.54) is 49.0 Å².